The Kier molecular flexibility index (Phi) is 47.2. The summed E-state index contributed by atoms with van der Waals surface area (Å²) in [5, 5.41) is 76.2. The van der Waals surface area contributed by atoms with E-state index in [1.54, 1.807) is 0 Å². The molecule has 8 N–H and O–H groups in total. The SMILES string of the molecule is CCCCCCCCCCCCC/C=C\CCCCCCCCC(O)C(=O)NC(COC1OC(CO)C(O)C(O)C1O)C(O)C(O)CCC/C=C/CC/C=C/CC/C=C/CCCCCCCCCCCCC. The summed E-state index contributed by atoms with van der Waals surface area (Å²) in [6.45, 7) is 3.45. The van der Waals surface area contributed by atoms with Crippen LogP contribution in [-0.2, 0) is 14.3 Å². The highest BCUT2D eigenvalue weighted by molar-refractivity contribution is 5.80. The summed E-state index contributed by atoms with van der Waals surface area (Å²) in [4.78, 5) is 13.2. The Morgan fingerprint density at radius 1 is 0.472 bits per heavy atom. The molecule has 0 aromatic carbocycles. The second-order valence-corrected chi connectivity index (χ2v) is 21.0. The summed E-state index contributed by atoms with van der Waals surface area (Å²) < 4.78 is 11.1. The molecule has 11 heteroatoms. The molecule has 11 nitrogen and oxygen atoms in total. The predicted octanol–water partition coefficient (Wildman–Crippen LogP) is 12.8. The Morgan fingerprint density at radius 2 is 0.833 bits per heavy atom. The topological polar surface area (TPSA) is 189 Å². The van der Waals surface area contributed by atoms with Gasteiger partial charge in [-0.15, -0.1) is 0 Å². The van der Waals surface area contributed by atoms with Crippen LogP contribution in [0.2, 0.25) is 0 Å². The standard InChI is InChI=1S/C61H113NO10/c1-3-5-7-9-11-13-15-17-19-21-23-25-26-27-29-30-32-34-36-38-40-42-44-46-48-53(64)56(66)52(51-71-61-59(69)58(68)57(67)55(50-63)72-61)62-60(70)54(65)49-47-45-43-41-39-37-35-33-31-28-24-22-20-18-16-14-12-10-8-6-4-2/h26-27,31-34,40,42,52-59,61,63-69H,3-25,28-30,35-39,41,43-51H2,1-2H3,(H,62,70)/b27-26+,33-31-,34-32+,42-40+. The van der Waals surface area contributed by atoms with Crippen LogP contribution in [0.5, 0.6) is 0 Å². The van der Waals surface area contributed by atoms with Crippen molar-refractivity contribution in [2.45, 2.75) is 319 Å². The minimum Gasteiger partial charge on any atom is -0.394 e. The molecule has 0 aromatic rings. The van der Waals surface area contributed by atoms with Gasteiger partial charge in [0.1, 0.15) is 36.6 Å². The first-order chi connectivity index (χ1) is 35.2. The van der Waals surface area contributed by atoms with Crippen molar-refractivity contribution in [3.05, 3.63) is 48.6 Å². The molecule has 1 aliphatic rings. The van der Waals surface area contributed by atoms with E-state index in [4.69, 9.17) is 9.47 Å². The molecule has 0 saturated carbocycles. The fourth-order valence-electron chi connectivity index (χ4n) is 9.41. The molecule has 9 atom stereocenters. The van der Waals surface area contributed by atoms with Crippen LogP contribution in [-0.4, -0.2) is 110 Å². The van der Waals surface area contributed by atoms with Crippen LogP contribution in [0.4, 0.5) is 0 Å². The molecule has 1 fully saturated rings. The number of aliphatic hydroxyl groups excluding tert-OH is 7. The first kappa shape index (κ1) is 68.1. The number of rotatable bonds is 51. The molecule has 1 aliphatic heterocycles. The van der Waals surface area contributed by atoms with Gasteiger partial charge in [0.05, 0.1) is 25.4 Å². The number of ether oxygens (including phenoxy) is 2. The van der Waals surface area contributed by atoms with E-state index >= 15 is 0 Å². The molecule has 1 heterocycles. The Hall–Kier alpha value is -1.93. The molecule has 1 amide bonds. The lowest BCUT2D eigenvalue weighted by Crippen LogP contribution is -2.60. The van der Waals surface area contributed by atoms with Crippen molar-refractivity contribution >= 4 is 5.91 Å². The second-order valence-electron chi connectivity index (χ2n) is 21.0. The van der Waals surface area contributed by atoms with Crippen LogP contribution in [0.15, 0.2) is 48.6 Å². The molecular formula is C61H113NO10. The number of aliphatic hydroxyl groups is 7. The van der Waals surface area contributed by atoms with E-state index < -0.39 is 74.2 Å². The minimum atomic E-state index is -1.68. The predicted molar refractivity (Wildman–Crippen MR) is 298 cm³/mol. The van der Waals surface area contributed by atoms with Crippen molar-refractivity contribution < 1.29 is 50.0 Å². The van der Waals surface area contributed by atoms with Crippen molar-refractivity contribution in [1.29, 1.82) is 0 Å². The lowest BCUT2D eigenvalue weighted by atomic mass is 9.98. The average Bonchev–Trinajstić information content (AvgIpc) is 3.38. The van der Waals surface area contributed by atoms with Gasteiger partial charge in [0, 0.05) is 0 Å². The van der Waals surface area contributed by atoms with E-state index in [1.165, 1.54) is 154 Å². The molecule has 1 rings (SSSR count). The van der Waals surface area contributed by atoms with E-state index in [2.05, 4.69) is 67.8 Å². The lowest BCUT2D eigenvalue weighted by Gasteiger charge is -2.40. The Morgan fingerprint density at radius 3 is 1.24 bits per heavy atom. The van der Waals surface area contributed by atoms with Gasteiger partial charge in [-0.2, -0.15) is 0 Å². The highest BCUT2D eigenvalue weighted by Crippen LogP contribution is 2.23. The Bertz CT molecular complexity index is 1310. The molecule has 0 radical (unpaired) electrons. The van der Waals surface area contributed by atoms with E-state index in [-0.39, 0.29) is 12.8 Å². The Labute approximate surface area is 440 Å². The van der Waals surface area contributed by atoms with Crippen molar-refractivity contribution in [2.24, 2.45) is 0 Å². The highest BCUT2D eigenvalue weighted by atomic mass is 16.7. The van der Waals surface area contributed by atoms with Gasteiger partial charge in [-0.1, -0.05) is 223 Å². The van der Waals surface area contributed by atoms with Gasteiger partial charge in [0.15, 0.2) is 6.29 Å². The highest BCUT2D eigenvalue weighted by Gasteiger charge is 2.44. The van der Waals surface area contributed by atoms with Gasteiger partial charge in [-0.3, -0.25) is 4.79 Å². The van der Waals surface area contributed by atoms with E-state index in [0.29, 0.717) is 19.3 Å². The smallest absolute Gasteiger partial charge is 0.249 e. The van der Waals surface area contributed by atoms with Crippen molar-refractivity contribution in [1.82, 2.24) is 5.32 Å². The molecule has 72 heavy (non-hydrogen) atoms. The van der Waals surface area contributed by atoms with Crippen LogP contribution in [0.1, 0.15) is 264 Å². The first-order valence-corrected chi connectivity index (χ1v) is 30.0. The van der Waals surface area contributed by atoms with Crippen LogP contribution < -0.4 is 5.32 Å². The van der Waals surface area contributed by atoms with E-state index in [1.807, 2.05) is 0 Å². The number of amides is 1. The van der Waals surface area contributed by atoms with Gasteiger partial charge in [0.25, 0.3) is 0 Å². The summed E-state index contributed by atoms with van der Waals surface area (Å²) in [5.41, 5.74) is 0. The molecule has 422 valence electrons. The summed E-state index contributed by atoms with van der Waals surface area (Å²) in [7, 11) is 0. The lowest BCUT2D eigenvalue weighted by molar-refractivity contribution is -0.303. The first-order valence-electron chi connectivity index (χ1n) is 30.0. The monoisotopic (exact) mass is 1020 g/mol. The molecule has 0 spiro atoms. The number of carbonyl (C=O) groups excluding carboxylic acids is 1. The normalized spacial score (nSPS) is 20.4. The van der Waals surface area contributed by atoms with Gasteiger partial charge in [-0.05, 0) is 89.9 Å². The van der Waals surface area contributed by atoms with Crippen LogP contribution in [0.3, 0.4) is 0 Å². The fourth-order valence-corrected chi connectivity index (χ4v) is 9.41. The van der Waals surface area contributed by atoms with E-state index in [0.717, 1.165) is 64.2 Å². The maximum absolute atomic E-state index is 13.2. The maximum atomic E-state index is 13.2. The molecule has 9 unspecified atom stereocenters. The largest absolute Gasteiger partial charge is 0.394 e. The van der Waals surface area contributed by atoms with Crippen LogP contribution in [0.25, 0.3) is 0 Å². The van der Waals surface area contributed by atoms with Crippen molar-refractivity contribution in [3.63, 3.8) is 0 Å². The number of hydrogen-bond acceptors (Lipinski definition) is 10. The minimum absolute atomic E-state index is 0.239. The van der Waals surface area contributed by atoms with Gasteiger partial charge < -0.3 is 50.5 Å². The van der Waals surface area contributed by atoms with E-state index in [9.17, 15) is 40.5 Å². The molecule has 1 saturated heterocycles. The van der Waals surface area contributed by atoms with Gasteiger partial charge in [0.2, 0.25) is 5.91 Å². The zero-order valence-electron chi connectivity index (χ0n) is 46.2. The van der Waals surface area contributed by atoms with Crippen molar-refractivity contribution in [3.8, 4) is 0 Å². The van der Waals surface area contributed by atoms with Crippen LogP contribution in [0, 0.1) is 0 Å². The van der Waals surface area contributed by atoms with Crippen molar-refractivity contribution in [2.75, 3.05) is 13.2 Å². The number of hydrogen-bond donors (Lipinski definition) is 8. The third-order valence-corrected chi connectivity index (χ3v) is 14.3. The van der Waals surface area contributed by atoms with Gasteiger partial charge >= 0.3 is 0 Å². The summed E-state index contributed by atoms with van der Waals surface area (Å²) in [6.07, 6.45) is 51.7. The summed E-state index contributed by atoms with van der Waals surface area (Å²) in [5.74, 6) is -0.716. The third-order valence-electron chi connectivity index (χ3n) is 14.3. The quantitative estimate of drug-likeness (QED) is 0.0215. The second kappa shape index (κ2) is 49.9. The third kappa shape index (κ3) is 37.7. The number of allylic oxidation sites excluding steroid dienone is 8. The molecule has 0 bridgehead atoms. The number of nitrogens with one attached hydrogen (secondary N) is 1. The summed E-state index contributed by atoms with van der Waals surface area (Å²) >= 11 is 0. The fraction of sp³-hybridized carbons (Fsp3) is 0.852. The number of carbonyl (C=O) groups is 1. The number of unbranched alkanes of at least 4 members (excludes halogenated alkanes) is 31. The van der Waals surface area contributed by atoms with Crippen LogP contribution >= 0.6 is 0 Å². The molecular weight excluding hydrogens is 907 g/mol. The zero-order valence-corrected chi connectivity index (χ0v) is 46.2. The average molecular weight is 1020 g/mol. The maximum Gasteiger partial charge on any atom is 0.249 e. The zero-order chi connectivity index (χ0) is 52.5. The summed E-state index contributed by atoms with van der Waals surface area (Å²) in [6, 6.07) is -1.20. The van der Waals surface area contributed by atoms with Gasteiger partial charge in [-0.25, -0.2) is 0 Å². The molecule has 0 aliphatic carbocycles. The Balaban J connectivity index is 2.35. The molecule has 0 aromatic heterocycles.